The number of rotatable bonds is 5. The SMILES string of the molecule is Cc1ccc(N2C[C@H](C(=O)NCc3cc(-c4ccccc4)on3)CC2=O)cc1. The predicted molar refractivity (Wildman–Crippen MR) is 105 cm³/mol. The number of hydrogen-bond acceptors (Lipinski definition) is 4. The van der Waals surface area contributed by atoms with Crippen LogP contribution >= 0.6 is 0 Å². The highest BCUT2D eigenvalue weighted by molar-refractivity contribution is 6.00. The Morgan fingerprint density at radius 3 is 2.68 bits per heavy atom. The van der Waals surface area contributed by atoms with Gasteiger partial charge in [0, 0.05) is 30.3 Å². The summed E-state index contributed by atoms with van der Waals surface area (Å²) in [7, 11) is 0. The Balaban J connectivity index is 1.35. The first kappa shape index (κ1) is 18.0. The van der Waals surface area contributed by atoms with Crippen molar-refractivity contribution in [3.05, 3.63) is 71.9 Å². The van der Waals surface area contributed by atoms with Crippen LogP contribution in [0.5, 0.6) is 0 Å². The van der Waals surface area contributed by atoms with Crippen molar-refractivity contribution in [2.24, 2.45) is 5.92 Å². The molecule has 1 aliphatic heterocycles. The number of carbonyl (C=O) groups is 2. The number of nitrogens with one attached hydrogen (secondary N) is 1. The van der Waals surface area contributed by atoms with Crippen molar-refractivity contribution in [2.75, 3.05) is 11.4 Å². The summed E-state index contributed by atoms with van der Waals surface area (Å²) in [6.45, 7) is 2.66. The van der Waals surface area contributed by atoms with Gasteiger partial charge in [0.05, 0.1) is 12.5 Å². The van der Waals surface area contributed by atoms with Crippen LogP contribution in [-0.4, -0.2) is 23.5 Å². The second-order valence-corrected chi connectivity index (χ2v) is 7.01. The highest BCUT2D eigenvalue weighted by Crippen LogP contribution is 2.25. The number of aryl methyl sites for hydroxylation is 1. The van der Waals surface area contributed by atoms with Gasteiger partial charge < -0.3 is 14.7 Å². The Morgan fingerprint density at radius 1 is 1.18 bits per heavy atom. The van der Waals surface area contributed by atoms with E-state index in [0.717, 1.165) is 16.8 Å². The Bertz CT molecular complexity index is 980. The Hall–Kier alpha value is -3.41. The number of amides is 2. The van der Waals surface area contributed by atoms with Crippen molar-refractivity contribution < 1.29 is 14.1 Å². The third-order valence-corrected chi connectivity index (χ3v) is 4.90. The van der Waals surface area contributed by atoms with Crippen LogP contribution in [0.2, 0.25) is 0 Å². The lowest BCUT2D eigenvalue weighted by atomic mass is 10.1. The molecule has 0 bridgehead atoms. The van der Waals surface area contributed by atoms with E-state index < -0.39 is 0 Å². The van der Waals surface area contributed by atoms with Crippen LogP contribution < -0.4 is 10.2 Å². The first-order valence-electron chi connectivity index (χ1n) is 9.26. The van der Waals surface area contributed by atoms with Gasteiger partial charge >= 0.3 is 0 Å². The van der Waals surface area contributed by atoms with Crippen LogP contribution in [0.25, 0.3) is 11.3 Å². The summed E-state index contributed by atoms with van der Waals surface area (Å²) in [5.74, 6) is 0.116. The molecule has 1 aromatic heterocycles. The molecule has 0 aliphatic carbocycles. The number of carbonyl (C=O) groups excluding carboxylic acids is 2. The molecule has 1 saturated heterocycles. The van der Waals surface area contributed by atoms with E-state index in [-0.39, 0.29) is 30.7 Å². The van der Waals surface area contributed by atoms with Crippen LogP contribution in [0, 0.1) is 12.8 Å². The molecule has 1 N–H and O–H groups in total. The monoisotopic (exact) mass is 375 g/mol. The molecular formula is C22H21N3O3. The van der Waals surface area contributed by atoms with Gasteiger partial charge in [0.1, 0.15) is 5.69 Å². The molecule has 6 heteroatoms. The second-order valence-electron chi connectivity index (χ2n) is 7.01. The largest absolute Gasteiger partial charge is 0.356 e. The highest BCUT2D eigenvalue weighted by Gasteiger charge is 2.35. The van der Waals surface area contributed by atoms with E-state index >= 15 is 0 Å². The van der Waals surface area contributed by atoms with Crippen LogP contribution in [0.15, 0.2) is 65.2 Å². The fourth-order valence-corrected chi connectivity index (χ4v) is 3.31. The molecule has 3 aromatic rings. The summed E-state index contributed by atoms with van der Waals surface area (Å²) in [6.07, 6.45) is 0.216. The molecule has 6 nitrogen and oxygen atoms in total. The molecule has 0 saturated carbocycles. The van der Waals surface area contributed by atoms with Crippen LogP contribution in [0.4, 0.5) is 5.69 Å². The van der Waals surface area contributed by atoms with E-state index in [1.54, 1.807) is 4.90 Å². The summed E-state index contributed by atoms with van der Waals surface area (Å²) in [4.78, 5) is 26.5. The van der Waals surface area contributed by atoms with Gasteiger partial charge in [-0.05, 0) is 19.1 Å². The van der Waals surface area contributed by atoms with Crippen molar-refractivity contribution in [3.8, 4) is 11.3 Å². The van der Waals surface area contributed by atoms with Crippen molar-refractivity contribution in [1.29, 1.82) is 0 Å². The van der Waals surface area contributed by atoms with E-state index in [2.05, 4.69) is 10.5 Å². The van der Waals surface area contributed by atoms with Gasteiger partial charge in [-0.15, -0.1) is 0 Å². The van der Waals surface area contributed by atoms with Crippen molar-refractivity contribution in [3.63, 3.8) is 0 Å². The number of nitrogens with zero attached hydrogens (tertiary/aromatic N) is 2. The molecule has 2 heterocycles. The van der Waals surface area contributed by atoms with Gasteiger partial charge in [-0.25, -0.2) is 0 Å². The molecule has 2 amide bonds. The maximum atomic E-state index is 12.5. The lowest BCUT2D eigenvalue weighted by Gasteiger charge is -2.16. The van der Waals surface area contributed by atoms with Crippen LogP contribution in [0.3, 0.4) is 0 Å². The molecule has 142 valence electrons. The number of hydrogen-bond donors (Lipinski definition) is 1. The summed E-state index contributed by atoms with van der Waals surface area (Å²) in [5, 5.41) is 6.88. The van der Waals surface area contributed by atoms with E-state index in [4.69, 9.17) is 4.52 Å². The van der Waals surface area contributed by atoms with Crippen molar-refractivity contribution >= 4 is 17.5 Å². The normalized spacial score (nSPS) is 16.4. The molecule has 1 fully saturated rings. The zero-order chi connectivity index (χ0) is 19.5. The zero-order valence-electron chi connectivity index (χ0n) is 15.6. The maximum Gasteiger partial charge on any atom is 0.227 e. The quantitative estimate of drug-likeness (QED) is 0.742. The van der Waals surface area contributed by atoms with Gasteiger partial charge in [-0.2, -0.15) is 0 Å². The third kappa shape index (κ3) is 3.81. The average Bonchev–Trinajstić information content (AvgIpc) is 3.34. The van der Waals surface area contributed by atoms with Gasteiger partial charge in [0.25, 0.3) is 0 Å². The zero-order valence-corrected chi connectivity index (χ0v) is 15.6. The van der Waals surface area contributed by atoms with Gasteiger partial charge in [0.2, 0.25) is 11.8 Å². The molecule has 1 aliphatic rings. The van der Waals surface area contributed by atoms with E-state index in [9.17, 15) is 9.59 Å². The van der Waals surface area contributed by atoms with Gasteiger partial charge in [0.15, 0.2) is 5.76 Å². The fraction of sp³-hybridized carbons (Fsp3) is 0.227. The number of benzene rings is 2. The topological polar surface area (TPSA) is 75.4 Å². The Kier molecular flexibility index (Phi) is 4.93. The standard InChI is InChI=1S/C22H21N3O3/c1-15-7-9-19(10-8-15)25-14-17(11-21(25)26)22(27)23-13-18-12-20(28-24-18)16-5-3-2-4-6-16/h2-10,12,17H,11,13-14H2,1H3,(H,23,27)/t17-/m1/s1. The fourth-order valence-electron chi connectivity index (χ4n) is 3.31. The third-order valence-electron chi connectivity index (χ3n) is 4.90. The second kappa shape index (κ2) is 7.68. The smallest absolute Gasteiger partial charge is 0.227 e. The molecule has 0 radical (unpaired) electrons. The number of aromatic nitrogens is 1. The van der Waals surface area contributed by atoms with E-state index in [0.29, 0.717) is 18.0 Å². The first-order valence-corrected chi connectivity index (χ1v) is 9.26. The van der Waals surface area contributed by atoms with Crippen LogP contribution in [-0.2, 0) is 16.1 Å². The van der Waals surface area contributed by atoms with Gasteiger partial charge in [-0.3, -0.25) is 9.59 Å². The predicted octanol–water partition coefficient (Wildman–Crippen LogP) is 3.32. The number of anilines is 1. The summed E-state index contributed by atoms with van der Waals surface area (Å²) in [5.41, 5.74) is 3.54. The van der Waals surface area contributed by atoms with E-state index in [1.165, 1.54) is 0 Å². The lowest BCUT2D eigenvalue weighted by Crippen LogP contribution is -2.32. The minimum Gasteiger partial charge on any atom is -0.356 e. The first-order chi connectivity index (χ1) is 13.6. The highest BCUT2D eigenvalue weighted by atomic mass is 16.5. The summed E-state index contributed by atoms with van der Waals surface area (Å²) < 4.78 is 5.35. The molecule has 0 unspecified atom stereocenters. The minimum atomic E-state index is -0.366. The molecule has 1 atom stereocenters. The van der Waals surface area contributed by atoms with E-state index in [1.807, 2.05) is 67.6 Å². The summed E-state index contributed by atoms with van der Waals surface area (Å²) in [6, 6.07) is 19.2. The summed E-state index contributed by atoms with van der Waals surface area (Å²) >= 11 is 0. The molecular weight excluding hydrogens is 354 g/mol. The molecule has 2 aromatic carbocycles. The molecule has 0 spiro atoms. The molecule has 4 rings (SSSR count). The van der Waals surface area contributed by atoms with Crippen LogP contribution in [0.1, 0.15) is 17.7 Å². The Labute approximate surface area is 163 Å². The van der Waals surface area contributed by atoms with Crippen molar-refractivity contribution in [2.45, 2.75) is 19.9 Å². The Morgan fingerprint density at radius 2 is 1.93 bits per heavy atom. The van der Waals surface area contributed by atoms with Gasteiger partial charge in [-0.1, -0.05) is 53.2 Å². The maximum absolute atomic E-state index is 12.5. The minimum absolute atomic E-state index is 0.0307. The average molecular weight is 375 g/mol. The lowest BCUT2D eigenvalue weighted by molar-refractivity contribution is -0.126. The molecule has 28 heavy (non-hydrogen) atoms. The van der Waals surface area contributed by atoms with Crippen molar-refractivity contribution in [1.82, 2.24) is 10.5 Å².